The Kier molecular flexibility index (Phi) is 6.62. The molecule has 0 radical (unpaired) electrons. The largest absolute Gasteiger partial charge is 0.337 e. The predicted molar refractivity (Wildman–Crippen MR) is 115 cm³/mol. The van der Waals surface area contributed by atoms with Crippen molar-refractivity contribution in [2.75, 3.05) is 39.3 Å². The molecule has 1 N–H and O–H groups in total. The summed E-state index contributed by atoms with van der Waals surface area (Å²) >= 11 is 0. The molecule has 0 bridgehead atoms. The Morgan fingerprint density at radius 3 is 2.86 bits per heavy atom. The predicted octanol–water partition coefficient (Wildman–Crippen LogP) is 2.79. The van der Waals surface area contributed by atoms with E-state index in [0.29, 0.717) is 17.7 Å². The van der Waals surface area contributed by atoms with Crippen LogP contribution < -0.4 is 5.32 Å². The molecule has 2 aromatic rings. The second-order valence-corrected chi connectivity index (χ2v) is 8.40. The number of piperidine rings is 1. The maximum absolute atomic E-state index is 13.1. The van der Waals surface area contributed by atoms with E-state index in [1.165, 1.54) is 5.56 Å². The monoisotopic (exact) mass is 395 g/mol. The standard InChI is InChI=1S/C23H33N5O/c1-2-27(18-20-10-13-26(17-20)16-19-7-4-3-5-8-19)23(29)22-11-14-28(25-22)21-9-6-12-24-15-21/h3-5,7-8,11,14,20-21,24H,2,6,9-10,12-13,15-18H2,1H3. The lowest BCUT2D eigenvalue weighted by atomic mass is 10.1. The number of hydrogen-bond donors (Lipinski definition) is 1. The number of hydrogen-bond acceptors (Lipinski definition) is 4. The third kappa shape index (κ3) is 5.06. The summed E-state index contributed by atoms with van der Waals surface area (Å²) < 4.78 is 1.98. The number of aromatic nitrogens is 2. The van der Waals surface area contributed by atoms with Crippen LogP contribution in [0.2, 0.25) is 0 Å². The Morgan fingerprint density at radius 1 is 1.24 bits per heavy atom. The lowest BCUT2D eigenvalue weighted by molar-refractivity contribution is 0.0731. The maximum Gasteiger partial charge on any atom is 0.274 e. The highest BCUT2D eigenvalue weighted by Gasteiger charge is 2.27. The summed E-state index contributed by atoms with van der Waals surface area (Å²) in [7, 11) is 0. The van der Waals surface area contributed by atoms with Crippen molar-refractivity contribution in [3.05, 3.63) is 53.9 Å². The van der Waals surface area contributed by atoms with Gasteiger partial charge in [-0.05, 0) is 56.8 Å². The first kappa shape index (κ1) is 20.1. The minimum atomic E-state index is 0.0662. The van der Waals surface area contributed by atoms with Crippen molar-refractivity contribution < 1.29 is 4.79 Å². The minimum Gasteiger partial charge on any atom is -0.337 e. The molecule has 6 nitrogen and oxygen atoms in total. The van der Waals surface area contributed by atoms with Gasteiger partial charge in [0.25, 0.3) is 5.91 Å². The zero-order valence-corrected chi connectivity index (χ0v) is 17.5. The fourth-order valence-corrected chi connectivity index (χ4v) is 4.59. The Labute approximate surface area is 173 Å². The second kappa shape index (κ2) is 9.55. The van der Waals surface area contributed by atoms with Crippen LogP contribution in [0.3, 0.4) is 0 Å². The van der Waals surface area contributed by atoms with E-state index in [4.69, 9.17) is 0 Å². The summed E-state index contributed by atoms with van der Waals surface area (Å²) in [6, 6.07) is 12.9. The van der Waals surface area contributed by atoms with Gasteiger partial charge in [0.1, 0.15) is 5.69 Å². The van der Waals surface area contributed by atoms with Crippen LogP contribution in [0.15, 0.2) is 42.6 Å². The highest BCUT2D eigenvalue weighted by atomic mass is 16.2. The lowest BCUT2D eigenvalue weighted by Crippen LogP contribution is -2.36. The van der Waals surface area contributed by atoms with E-state index in [0.717, 1.165) is 65.1 Å². The van der Waals surface area contributed by atoms with Crippen LogP contribution in [0.1, 0.15) is 48.3 Å². The molecule has 0 spiro atoms. The van der Waals surface area contributed by atoms with Gasteiger partial charge in [-0.1, -0.05) is 30.3 Å². The first-order valence-corrected chi connectivity index (χ1v) is 11.0. The Hall–Kier alpha value is -2.18. The molecule has 2 unspecified atom stereocenters. The summed E-state index contributed by atoms with van der Waals surface area (Å²) in [4.78, 5) is 17.5. The van der Waals surface area contributed by atoms with E-state index in [2.05, 4.69) is 52.6 Å². The van der Waals surface area contributed by atoms with Crippen molar-refractivity contribution in [3.8, 4) is 0 Å². The van der Waals surface area contributed by atoms with Crippen LogP contribution in [-0.2, 0) is 6.54 Å². The minimum absolute atomic E-state index is 0.0662. The van der Waals surface area contributed by atoms with E-state index in [-0.39, 0.29) is 5.91 Å². The first-order chi connectivity index (χ1) is 14.2. The summed E-state index contributed by atoms with van der Waals surface area (Å²) in [5.41, 5.74) is 1.94. The van der Waals surface area contributed by atoms with Crippen LogP contribution in [0, 0.1) is 5.92 Å². The van der Waals surface area contributed by atoms with E-state index < -0.39 is 0 Å². The SMILES string of the molecule is CCN(CC1CCN(Cc2ccccc2)C1)C(=O)c1ccn(C2CCCNC2)n1. The number of likely N-dealkylation sites (tertiary alicyclic amines) is 1. The molecule has 2 aliphatic rings. The van der Waals surface area contributed by atoms with Gasteiger partial charge in [0.15, 0.2) is 0 Å². The number of carbonyl (C=O) groups excluding carboxylic acids is 1. The van der Waals surface area contributed by atoms with Gasteiger partial charge in [-0.25, -0.2) is 0 Å². The molecule has 2 aliphatic heterocycles. The normalized spacial score (nSPS) is 22.7. The molecule has 6 heteroatoms. The van der Waals surface area contributed by atoms with Crippen LogP contribution in [0.25, 0.3) is 0 Å². The summed E-state index contributed by atoms with van der Waals surface area (Å²) in [5, 5.41) is 8.04. The lowest BCUT2D eigenvalue weighted by Gasteiger charge is -2.24. The molecule has 156 valence electrons. The van der Waals surface area contributed by atoms with Crippen molar-refractivity contribution in [1.29, 1.82) is 0 Å². The third-order valence-corrected chi connectivity index (χ3v) is 6.24. The van der Waals surface area contributed by atoms with Gasteiger partial charge in [-0.15, -0.1) is 0 Å². The fourth-order valence-electron chi connectivity index (χ4n) is 4.59. The zero-order chi connectivity index (χ0) is 20.1. The molecule has 2 atom stereocenters. The van der Waals surface area contributed by atoms with Crippen molar-refractivity contribution >= 4 is 5.91 Å². The highest BCUT2D eigenvalue weighted by Crippen LogP contribution is 2.21. The Bertz CT molecular complexity index is 784. The van der Waals surface area contributed by atoms with Crippen molar-refractivity contribution in [1.82, 2.24) is 24.9 Å². The highest BCUT2D eigenvalue weighted by molar-refractivity contribution is 5.92. The maximum atomic E-state index is 13.1. The van der Waals surface area contributed by atoms with Crippen LogP contribution in [0.5, 0.6) is 0 Å². The van der Waals surface area contributed by atoms with Crippen LogP contribution in [-0.4, -0.2) is 64.8 Å². The zero-order valence-electron chi connectivity index (χ0n) is 17.5. The van der Waals surface area contributed by atoms with Gasteiger partial charge in [-0.3, -0.25) is 14.4 Å². The van der Waals surface area contributed by atoms with Gasteiger partial charge in [0.05, 0.1) is 6.04 Å². The number of amides is 1. The molecule has 2 saturated heterocycles. The van der Waals surface area contributed by atoms with Gasteiger partial charge in [0.2, 0.25) is 0 Å². The average Bonchev–Trinajstić information content (AvgIpc) is 3.43. The van der Waals surface area contributed by atoms with Crippen molar-refractivity contribution in [2.45, 2.75) is 38.8 Å². The van der Waals surface area contributed by atoms with Gasteiger partial charge >= 0.3 is 0 Å². The smallest absolute Gasteiger partial charge is 0.274 e. The van der Waals surface area contributed by atoms with Gasteiger partial charge in [-0.2, -0.15) is 5.10 Å². The molecule has 2 fully saturated rings. The Morgan fingerprint density at radius 2 is 2.10 bits per heavy atom. The molecule has 0 aliphatic carbocycles. The number of nitrogens with zero attached hydrogens (tertiary/aromatic N) is 4. The van der Waals surface area contributed by atoms with Crippen LogP contribution >= 0.6 is 0 Å². The summed E-state index contributed by atoms with van der Waals surface area (Å²) in [6.45, 7) is 8.79. The molecule has 29 heavy (non-hydrogen) atoms. The number of carbonyl (C=O) groups is 1. The number of rotatable bonds is 7. The quantitative estimate of drug-likeness (QED) is 0.783. The summed E-state index contributed by atoms with van der Waals surface area (Å²) in [6.07, 6.45) is 5.41. The van der Waals surface area contributed by atoms with Gasteiger partial charge < -0.3 is 10.2 Å². The second-order valence-electron chi connectivity index (χ2n) is 8.40. The topological polar surface area (TPSA) is 53.4 Å². The van der Waals surface area contributed by atoms with Gasteiger partial charge in [0, 0.05) is 38.9 Å². The first-order valence-electron chi connectivity index (χ1n) is 11.0. The molecular weight excluding hydrogens is 362 g/mol. The summed E-state index contributed by atoms with van der Waals surface area (Å²) in [5.74, 6) is 0.601. The molecule has 1 amide bonds. The van der Waals surface area contributed by atoms with E-state index in [1.54, 1.807) is 0 Å². The molecule has 1 aromatic carbocycles. The molecule has 1 aromatic heterocycles. The fraction of sp³-hybridized carbons (Fsp3) is 0.565. The van der Waals surface area contributed by atoms with E-state index >= 15 is 0 Å². The number of nitrogens with one attached hydrogen (secondary N) is 1. The van der Waals surface area contributed by atoms with Crippen molar-refractivity contribution in [3.63, 3.8) is 0 Å². The Balaban J connectivity index is 1.32. The average molecular weight is 396 g/mol. The number of benzene rings is 1. The molecule has 4 rings (SSSR count). The van der Waals surface area contributed by atoms with Crippen LogP contribution in [0.4, 0.5) is 0 Å². The van der Waals surface area contributed by atoms with E-state index in [9.17, 15) is 4.79 Å². The molecule has 3 heterocycles. The molecular formula is C23H33N5O. The van der Waals surface area contributed by atoms with Crippen molar-refractivity contribution in [2.24, 2.45) is 5.92 Å². The molecule has 0 saturated carbocycles. The van der Waals surface area contributed by atoms with E-state index in [1.807, 2.05) is 21.8 Å². The third-order valence-electron chi connectivity index (χ3n) is 6.24.